The molecular formula is C24H16Cl2O5. The summed E-state index contributed by atoms with van der Waals surface area (Å²) in [7, 11) is 1.57. The maximum absolute atomic E-state index is 13.0. The number of hydrogen-bond acceptors (Lipinski definition) is 5. The van der Waals surface area contributed by atoms with Gasteiger partial charge in [-0.25, -0.2) is 0 Å². The molecule has 1 heterocycles. The molecule has 0 bridgehead atoms. The van der Waals surface area contributed by atoms with Gasteiger partial charge in [-0.1, -0.05) is 35.3 Å². The number of rotatable bonds is 6. The molecule has 4 aromatic rings. The van der Waals surface area contributed by atoms with Crippen molar-refractivity contribution in [2.45, 2.75) is 0 Å². The summed E-state index contributed by atoms with van der Waals surface area (Å²) in [5, 5.41) is 1.06. The molecule has 0 aliphatic carbocycles. The number of Topliss-reactive ketones (excluding diaryl/α,β-unsaturated/α-hetero) is 1. The van der Waals surface area contributed by atoms with E-state index in [9.17, 15) is 9.59 Å². The van der Waals surface area contributed by atoms with E-state index in [1.165, 1.54) is 18.4 Å². The van der Waals surface area contributed by atoms with E-state index in [4.69, 9.17) is 37.1 Å². The number of fused-ring (bicyclic) bond motifs is 1. The second-order valence-corrected chi connectivity index (χ2v) is 7.55. The summed E-state index contributed by atoms with van der Waals surface area (Å²) in [6.07, 6.45) is 1.39. The van der Waals surface area contributed by atoms with Gasteiger partial charge in [-0.05, 0) is 48.0 Å². The Morgan fingerprint density at radius 2 is 1.71 bits per heavy atom. The van der Waals surface area contributed by atoms with E-state index in [1.54, 1.807) is 55.6 Å². The number of benzene rings is 3. The Hall–Kier alpha value is -3.28. The fourth-order valence-corrected chi connectivity index (χ4v) is 3.42. The van der Waals surface area contributed by atoms with Crippen molar-refractivity contribution in [3.8, 4) is 22.6 Å². The van der Waals surface area contributed by atoms with E-state index in [0.29, 0.717) is 38.4 Å². The maximum atomic E-state index is 13.0. The van der Waals surface area contributed by atoms with E-state index in [-0.39, 0.29) is 28.6 Å². The molecule has 0 N–H and O–H groups in total. The molecule has 7 heteroatoms. The van der Waals surface area contributed by atoms with E-state index in [1.807, 2.05) is 0 Å². The lowest BCUT2D eigenvalue weighted by Crippen LogP contribution is -2.12. The lowest BCUT2D eigenvalue weighted by Gasteiger charge is -2.09. The first-order valence-electron chi connectivity index (χ1n) is 9.27. The summed E-state index contributed by atoms with van der Waals surface area (Å²) in [5.41, 5.74) is 1.65. The van der Waals surface area contributed by atoms with Crippen LogP contribution in [0.5, 0.6) is 11.5 Å². The SMILES string of the molecule is COc1ccc(-c2coc3cc(OCC(=O)c4ccc(Cl)cc4)c(Cl)cc3c2=O)cc1. The largest absolute Gasteiger partial charge is 0.497 e. The minimum absolute atomic E-state index is 0.204. The van der Waals surface area contributed by atoms with Gasteiger partial charge in [0, 0.05) is 16.7 Å². The Labute approximate surface area is 187 Å². The van der Waals surface area contributed by atoms with Gasteiger partial charge in [-0.15, -0.1) is 0 Å². The molecule has 1 aromatic heterocycles. The van der Waals surface area contributed by atoms with Crippen molar-refractivity contribution in [1.29, 1.82) is 0 Å². The lowest BCUT2D eigenvalue weighted by molar-refractivity contribution is 0.0921. The predicted molar refractivity (Wildman–Crippen MR) is 121 cm³/mol. The highest BCUT2D eigenvalue weighted by Crippen LogP contribution is 2.31. The molecule has 0 spiro atoms. The number of methoxy groups -OCH3 is 1. The standard InChI is InChI=1S/C24H16Cl2O5/c1-29-17-8-4-14(5-9-17)19-12-30-22-11-23(20(26)10-18(22)24(19)28)31-13-21(27)15-2-6-16(25)7-3-15/h2-12H,13H2,1H3. The van der Waals surface area contributed by atoms with Gasteiger partial charge in [0.25, 0.3) is 0 Å². The van der Waals surface area contributed by atoms with Gasteiger partial charge >= 0.3 is 0 Å². The second kappa shape index (κ2) is 8.84. The highest BCUT2D eigenvalue weighted by atomic mass is 35.5. The topological polar surface area (TPSA) is 65.7 Å². The van der Waals surface area contributed by atoms with Crippen LogP contribution in [-0.2, 0) is 0 Å². The van der Waals surface area contributed by atoms with Crippen LogP contribution in [0, 0.1) is 0 Å². The maximum Gasteiger partial charge on any atom is 0.200 e. The molecule has 0 saturated carbocycles. The van der Waals surface area contributed by atoms with Crippen molar-refractivity contribution in [2.24, 2.45) is 0 Å². The zero-order valence-electron chi connectivity index (χ0n) is 16.4. The Kier molecular flexibility index (Phi) is 5.98. The molecule has 0 saturated heterocycles. The van der Waals surface area contributed by atoms with Crippen molar-refractivity contribution in [1.82, 2.24) is 0 Å². The number of hydrogen-bond donors (Lipinski definition) is 0. The monoisotopic (exact) mass is 454 g/mol. The number of ketones is 1. The van der Waals surface area contributed by atoms with Crippen molar-refractivity contribution in [3.05, 3.63) is 92.8 Å². The summed E-state index contributed by atoms with van der Waals surface area (Å²) in [6, 6.07) is 16.6. The Morgan fingerprint density at radius 3 is 2.39 bits per heavy atom. The summed E-state index contributed by atoms with van der Waals surface area (Å²) in [4.78, 5) is 25.3. The Balaban J connectivity index is 1.60. The number of carbonyl (C=O) groups excluding carboxylic acids is 1. The first kappa shape index (κ1) is 21.0. The van der Waals surface area contributed by atoms with Gasteiger partial charge in [0.15, 0.2) is 12.4 Å². The molecule has 0 atom stereocenters. The number of carbonyl (C=O) groups is 1. The molecule has 5 nitrogen and oxygen atoms in total. The highest BCUT2D eigenvalue weighted by Gasteiger charge is 2.14. The third-order valence-electron chi connectivity index (χ3n) is 4.75. The quantitative estimate of drug-likeness (QED) is 0.332. The summed E-state index contributed by atoms with van der Waals surface area (Å²) < 4.78 is 16.4. The highest BCUT2D eigenvalue weighted by molar-refractivity contribution is 6.32. The van der Waals surface area contributed by atoms with Gasteiger partial charge in [0.05, 0.1) is 23.1 Å². The summed E-state index contributed by atoms with van der Waals surface area (Å²) in [6.45, 7) is -0.221. The van der Waals surface area contributed by atoms with Crippen LogP contribution in [0.15, 0.2) is 76.1 Å². The molecule has 3 aromatic carbocycles. The molecule has 0 fully saturated rings. The van der Waals surface area contributed by atoms with Crippen LogP contribution in [0.4, 0.5) is 0 Å². The molecule has 0 radical (unpaired) electrons. The van der Waals surface area contributed by atoms with E-state index in [0.717, 1.165) is 0 Å². The molecule has 0 aliphatic rings. The second-order valence-electron chi connectivity index (χ2n) is 6.70. The molecule has 0 amide bonds. The van der Waals surface area contributed by atoms with E-state index < -0.39 is 0 Å². The first-order valence-corrected chi connectivity index (χ1v) is 10.0. The third-order valence-corrected chi connectivity index (χ3v) is 5.30. The van der Waals surface area contributed by atoms with Crippen molar-refractivity contribution < 1.29 is 18.7 Å². The van der Waals surface area contributed by atoms with Crippen molar-refractivity contribution in [3.63, 3.8) is 0 Å². The zero-order valence-corrected chi connectivity index (χ0v) is 17.9. The normalized spacial score (nSPS) is 10.8. The zero-order chi connectivity index (χ0) is 22.0. The molecular weight excluding hydrogens is 439 g/mol. The minimum atomic E-state index is -0.232. The van der Waals surface area contributed by atoms with Crippen LogP contribution in [-0.4, -0.2) is 19.5 Å². The fourth-order valence-electron chi connectivity index (χ4n) is 3.07. The summed E-state index contributed by atoms with van der Waals surface area (Å²) in [5.74, 6) is 0.702. The smallest absolute Gasteiger partial charge is 0.200 e. The minimum Gasteiger partial charge on any atom is -0.497 e. The molecule has 0 unspecified atom stereocenters. The van der Waals surface area contributed by atoms with Gasteiger partial charge < -0.3 is 13.9 Å². The first-order chi connectivity index (χ1) is 15.0. The van der Waals surface area contributed by atoms with Crippen molar-refractivity contribution >= 4 is 40.0 Å². The van der Waals surface area contributed by atoms with E-state index >= 15 is 0 Å². The lowest BCUT2D eigenvalue weighted by atomic mass is 10.1. The van der Waals surface area contributed by atoms with Crippen molar-refractivity contribution in [2.75, 3.05) is 13.7 Å². The number of ether oxygens (including phenoxy) is 2. The van der Waals surface area contributed by atoms with Gasteiger partial charge in [-0.3, -0.25) is 9.59 Å². The van der Waals surface area contributed by atoms with E-state index in [2.05, 4.69) is 0 Å². The van der Waals surface area contributed by atoms with Crippen LogP contribution in [0.1, 0.15) is 10.4 Å². The average Bonchev–Trinajstić information content (AvgIpc) is 2.79. The van der Waals surface area contributed by atoms with Crippen LogP contribution >= 0.6 is 23.2 Å². The third kappa shape index (κ3) is 4.43. The fraction of sp³-hybridized carbons (Fsp3) is 0.0833. The summed E-state index contributed by atoms with van der Waals surface area (Å²) >= 11 is 12.2. The molecule has 0 aliphatic heterocycles. The Bertz CT molecular complexity index is 1310. The molecule has 4 rings (SSSR count). The average molecular weight is 455 g/mol. The number of halogens is 2. The van der Waals surface area contributed by atoms with Crippen LogP contribution in [0.2, 0.25) is 10.0 Å². The predicted octanol–water partition coefficient (Wildman–Crippen LogP) is 6.04. The molecule has 156 valence electrons. The van der Waals surface area contributed by atoms with Crippen LogP contribution in [0.25, 0.3) is 22.1 Å². The van der Waals surface area contributed by atoms with Crippen LogP contribution < -0.4 is 14.9 Å². The van der Waals surface area contributed by atoms with Gasteiger partial charge in [-0.2, -0.15) is 0 Å². The van der Waals surface area contributed by atoms with Gasteiger partial charge in [0.2, 0.25) is 5.43 Å². The van der Waals surface area contributed by atoms with Crippen LogP contribution in [0.3, 0.4) is 0 Å². The molecule has 31 heavy (non-hydrogen) atoms. The Morgan fingerprint density at radius 1 is 1.00 bits per heavy atom. The van der Waals surface area contributed by atoms with Gasteiger partial charge in [0.1, 0.15) is 23.3 Å².